The molecule has 0 aliphatic rings. The zero-order valence-electron chi connectivity index (χ0n) is 11.0. The fraction of sp³-hybridized carbons (Fsp3) is 0.0769. The van der Waals surface area contributed by atoms with E-state index in [-0.39, 0.29) is 12.1 Å². The Morgan fingerprint density at radius 2 is 1.43 bits per heavy atom. The number of sulfonamides is 1. The zero-order valence-corrected chi connectivity index (χ0v) is 11.8. The molecule has 0 radical (unpaired) electrons. The lowest BCUT2D eigenvalue weighted by atomic mass is 10.2. The van der Waals surface area contributed by atoms with E-state index >= 15 is 0 Å². The minimum atomic E-state index is -5.13. The highest BCUT2D eigenvalue weighted by atomic mass is 32.2. The predicted molar refractivity (Wildman–Crippen MR) is 68.6 cm³/mol. The lowest BCUT2D eigenvalue weighted by Gasteiger charge is -2.12. The molecule has 0 heterocycles. The number of anilines is 1. The summed E-state index contributed by atoms with van der Waals surface area (Å²) in [4.78, 5) is -0.474. The fourth-order valence-electron chi connectivity index (χ4n) is 1.66. The molecule has 0 atom stereocenters. The third-order valence-corrected chi connectivity index (χ3v) is 4.11. The van der Waals surface area contributed by atoms with Crippen LogP contribution in [0.5, 0.6) is 0 Å². The number of hydrogen-bond donors (Lipinski definition) is 1. The van der Waals surface area contributed by atoms with Crippen LogP contribution in [0.15, 0.2) is 41.3 Å². The van der Waals surface area contributed by atoms with Crippen LogP contribution in [-0.4, -0.2) is 8.42 Å². The Labute approximate surface area is 126 Å². The number of hydrogen-bond acceptors (Lipinski definition) is 2. The number of alkyl halides is 3. The van der Waals surface area contributed by atoms with Gasteiger partial charge in [-0.25, -0.2) is 21.6 Å². The highest BCUT2D eigenvalue weighted by Crippen LogP contribution is 2.34. The van der Waals surface area contributed by atoms with Crippen molar-refractivity contribution in [1.29, 1.82) is 0 Å². The monoisotopic (exact) mass is 355 g/mol. The van der Waals surface area contributed by atoms with E-state index in [1.807, 2.05) is 0 Å². The van der Waals surface area contributed by atoms with E-state index in [1.165, 1.54) is 0 Å². The predicted octanol–water partition coefficient (Wildman–Crippen LogP) is 3.92. The van der Waals surface area contributed by atoms with Crippen molar-refractivity contribution < 1.29 is 34.8 Å². The number of nitrogens with one attached hydrogen (secondary N) is 1. The number of benzene rings is 2. The summed E-state index contributed by atoms with van der Waals surface area (Å²) in [6.07, 6.45) is -5.13. The molecule has 0 spiro atoms. The van der Waals surface area contributed by atoms with Gasteiger partial charge in [-0.1, -0.05) is 0 Å². The second kappa shape index (κ2) is 5.76. The smallest absolute Gasteiger partial charge is 0.277 e. The van der Waals surface area contributed by atoms with Crippen LogP contribution in [-0.2, 0) is 16.2 Å². The second-order valence-corrected chi connectivity index (χ2v) is 6.05. The second-order valence-electron chi connectivity index (χ2n) is 4.37. The Hall–Kier alpha value is -2.23. The van der Waals surface area contributed by atoms with Gasteiger partial charge in [0.15, 0.2) is 0 Å². The molecular formula is C13H7F6NO2S. The first-order valence-electron chi connectivity index (χ1n) is 5.85. The summed E-state index contributed by atoms with van der Waals surface area (Å²) in [5.74, 6) is -4.17. The quantitative estimate of drug-likeness (QED) is 0.849. The maximum atomic E-state index is 13.6. The molecule has 23 heavy (non-hydrogen) atoms. The van der Waals surface area contributed by atoms with Gasteiger partial charge in [0.1, 0.15) is 17.5 Å². The van der Waals surface area contributed by atoms with Crippen LogP contribution in [0.25, 0.3) is 0 Å². The third kappa shape index (κ3) is 3.76. The van der Waals surface area contributed by atoms with Crippen LogP contribution in [0.4, 0.5) is 32.0 Å². The molecule has 0 saturated heterocycles. The largest absolute Gasteiger partial charge is 0.419 e. The van der Waals surface area contributed by atoms with Gasteiger partial charge in [0.25, 0.3) is 10.0 Å². The molecule has 10 heteroatoms. The van der Waals surface area contributed by atoms with Gasteiger partial charge >= 0.3 is 6.18 Å². The Balaban J connectivity index is 2.40. The van der Waals surface area contributed by atoms with Gasteiger partial charge in [0.2, 0.25) is 0 Å². The van der Waals surface area contributed by atoms with E-state index in [9.17, 15) is 34.8 Å². The van der Waals surface area contributed by atoms with E-state index in [4.69, 9.17) is 0 Å². The molecule has 1 N–H and O–H groups in total. The topological polar surface area (TPSA) is 46.2 Å². The van der Waals surface area contributed by atoms with Crippen molar-refractivity contribution in [3.8, 4) is 0 Å². The van der Waals surface area contributed by atoms with Crippen molar-refractivity contribution >= 4 is 15.7 Å². The van der Waals surface area contributed by atoms with Crippen molar-refractivity contribution in [3.05, 3.63) is 59.4 Å². The van der Waals surface area contributed by atoms with Crippen LogP contribution >= 0.6 is 0 Å². The maximum absolute atomic E-state index is 13.6. The Morgan fingerprint density at radius 3 is 1.96 bits per heavy atom. The summed E-state index contributed by atoms with van der Waals surface area (Å²) >= 11 is 0. The molecule has 2 aromatic rings. The van der Waals surface area contributed by atoms with E-state index in [0.717, 1.165) is 24.3 Å². The molecule has 2 aromatic carbocycles. The minimum Gasteiger partial charge on any atom is -0.277 e. The molecule has 2 rings (SSSR count). The van der Waals surface area contributed by atoms with Crippen molar-refractivity contribution in [3.63, 3.8) is 0 Å². The molecule has 3 nitrogen and oxygen atoms in total. The van der Waals surface area contributed by atoms with Gasteiger partial charge in [-0.05, 0) is 30.3 Å². The standard InChI is InChI=1S/C13H7F6NO2S/c14-7-1-3-8(4-2-7)23(21,22)20-12-6-10(15)9(5-11(12)16)13(17,18)19/h1-6,20H. The average Bonchev–Trinajstić information content (AvgIpc) is 2.41. The molecule has 0 saturated carbocycles. The minimum absolute atomic E-state index is 0.0826. The lowest BCUT2D eigenvalue weighted by molar-refractivity contribution is -0.140. The fourth-order valence-corrected chi connectivity index (χ4v) is 2.72. The summed E-state index contributed by atoms with van der Waals surface area (Å²) in [5.41, 5.74) is -2.86. The van der Waals surface area contributed by atoms with Crippen molar-refractivity contribution in [1.82, 2.24) is 0 Å². The molecule has 0 bridgehead atoms. The summed E-state index contributed by atoms with van der Waals surface area (Å²) in [7, 11) is -4.42. The van der Waals surface area contributed by atoms with Gasteiger partial charge in [-0.2, -0.15) is 13.2 Å². The van der Waals surface area contributed by atoms with Crippen LogP contribution < -0.4 is 4.72 Å². The normalized spacial score (nSPS) is 12.3. The van der Waals surface area contributed by atoms with Crippen LogP contribution in [0.1, 0.15) is 5.56 Å². The van der Waals surface area contributed by atoms with Gasteiger partial charge in [0.05, 0.1) is 16.1 Å². The summed E-state index contributed by atoms with van der Waals surface area (Å²) in [5, 5.41) is 0. The first-order chi connectivity index (χ1) is 10.5. The van der Waals surface area contributed by atoms with Gasteiger partial charge in [-0.3, -0.25) is 4.72 Å². The van der Waals surface area contributed by atoms with E-state index in [1.54, 1.807) is 4.72 Å². The highest BCUT2D eigenvalue weighted by Gasteiger charge is 2.35. The van der Waals surface area contributed by atoms with Crippen molar-refractivity contribution in [2.75, 3.05) is 4.72 Å². The molecule has 0 aromatic heterocycles. The number of halogens is 6. The molecule has 0 unspecified atom stereocenters. The van der Waals surface area contributed by atoms with E-state index in [0.29, 0.717) is 0 Å². The van der Waals surface area contributed by atoms with Gasteiger partial charge in [0, 0.05) is 6.07 Å². The Morgan fingerprint density at radius 1 is 0.870 bits per heavy atom. The molecule has 0 fully saturated rings. The first-order valence-corrected chi connectivity index (χ1v) is 7.33. The lowest BCUT2D eigenvalue weighted by Crippen LogP contribution is -2.16. The zero-order chi connectivity index (χ0) is 17.4. The average molecular weight is 355 g/mol. The van der Waals surface area contributed by atoms with E-state index in [2.05, 4.69) is 0 Å². The first kappa shape index (κ1) is 17.1. The van der Waals surface area contributed by atoms with Crippen LogP contribution in [0.2, 0.25) is 0 Å². The van der Waals surface area contributed by atoms with Crippen molar-refractivity contribution in [2.24, 2.45) is 0 Å². The summed E-state index contributed by atoms with van der Waals surface area (Å²) < 4.78 is 102. The molecular weight excluding hydrogens is 348 g/mol. The molecule has 0 amide bonds. The van der Waals surface area contributed by atoms with Crippen molar-refractivity contribution in [2.45, 2.75) is 11.1 Å². The van der Waals surface area contributed by atoms with Crippen LogP contribution in [0.3, 0.4) is 0 Å². The van der Waals surface area contributed by atoms with Gasteiger partial charge < -0.3 is 0 Å². The summed E-state index contributed by atoms with van der Waals surface area (Å²) in [6, 6.07) is 3.28. The number of rotatable bonds is 3. The molecule has 0 aliphatic carbocycles. The van der Waals surface area contributed by atoms with Crippen LogP contribution in [0, 0.1) is 17.5 Å². The van der Waals surface area contributed by atoms with E-state index < -0.39 is 49.8 Å². The SMILES string of the molecule is O=S(=O)(Nc1cc(F)c(C(F)(F)F)cc1F)c1ccc(F)cc1. The molecule has 124 valence electrons. The Bertz CT molecular complexity index is 831. The molecule has 0 aliphatic heterocycles. The summed E-state index contributed by atoms with van der Waals surface area (Å²) in [6.45, 7) is 0. The third-order valence-electron chi connectivity index (χ3n) is 2.73. The maximum Gasteiger partial charge on any atom is 0.419 e. The highest BCUT2D eigenvalue weighted by molar-refractivity contribution is 7.92. The Kier molecular flexibility index (Phi) is 4.29. The van der Waals surface area contributed by atoms with Gasteiger partial charge in [-0.15, -0.1) is 0 Å².